The van der Waals surface area contributed by atoms with Crippen LogP contribution in [-0.2, 0) is 11.2 Å². The molecule has 2 rings (SSSR count). The van der Waals surface area contributed by atoms with Gasteiger partial charge in [0.2, 0.25) is 5.91 Å². The Morgan fingerprint density at radius 1 is 1.10 bits per heavy atom. The Balaban J connectivity index is 1.97. The second kappa shape index (κ2) is 6.47. The number of pyridine rings is 1. The molecule has 0 atom stereocenters. The summed E-state index contributed by atoms with van der Waals surface area (Å²) in [4.78, 5) is 27.0. The van der Waals surface area contributed by atoms with Gasteiger partial charge in [-0.1, -0.05) is 18.2 Å². The highest BCUT2D eigenvalue weighted by molar-refractivity contribution is 6.00. The van der Waals surface area contributed by atoms with Crippen LogP contribution in [0, 0.1) is 0 Å². The largest absolute Gasteiger partial charge is 0.478 e. The molecule has 1 aromatic carbocycles. The summed E-state index contributed by atoms with van der Waals surface area (Å²) < 4.78 is 0. The predicted molar refractivity (Wildman–Crippen MR) is 74.6 cm³/mol. The monoisotopic (exact) mass is 270 g/mol. The van der Waals surface area contributed by atoms with Crippen molar-refractivity contribution in [3.63, 3.8) is 0 Å². The molecule has 1 heterocycles. The molecule has 0 radical (unpaired) electrons. The van der Waals surface area contributed by atoms with Crippen molar-refractivity contribution < 1.29 is 14.7 Å². The van der Waals surface area contributed by atoms with Crippen LogP contribution in [0.1, 0.15) is 22.5 Å². The minimum absolute atomic E-state index is 0.0821. The third kappa shape index (κ3) is 3.65. The number of hydrogen-bond acceptors (Lipinski definition) is 3. The smallest absolute Gasteiger partial charge is 0.337 e. The topological polar surface area (TPSA) is 79.3 Å². The molecule has 0 aliphatic heterocycles. The van der Waals surface area contributed by atoms with Gasteiger partial charge in [-0.3, -0.25) is 9.78 Å². The predicted octanol–water partition coefficient (Wildman–Crippen LogP) is 2.35. The Bertz CT molecular complexity index is 612. The highest BCUT2D eigenvalue weighted by Crippen LogP contribution is 2.15. The fourth-order valence-electron chi connectivity index (χ4n) is 1.78. The maximum Gasteiger partial charge on any atom is 0.337 e. The third-order valence-corrected chi connectivity index (χ3v) is 2.77. The van der Waals surface area contributed by atoms with Crippen LogP contribution in [0.2, 0.25) is 0 Å². The van der Waals surface area contributed by atoms with Crippen molar-refractivity contribution in [2.45, 2.75) is 12.8 Å². The van der Waals surface area contributed by atoms with Gasteiger partial charge >= 0.3 is 5.97 Å². The maximum absolute atomic E-state index is 11.8. The summed E-state index contributed by atoms with van der Waals surface area (Å²) in [6.07, 6.45) is 2.44. The number of anilines is 1. The Kier molecular flexibility index (Phi) is 4.44. The van der Waals surface area contributed by atoms with Gasteiger partial charge in [-0.15, -0.1) is 0 Å². The number of benzene rings is 1. The number of carboxylic acid groups (broad SMARTS) is 1. The number of nitrogens with zero attached hydrogens (tertiary/aromatic N) is 1. The number of aromatic nitrogens is 1. The first-order chi connectivity index (χ1) is 9.66. The van der Waals surface area contributed by atoms with Gasteiger partial charge in [0.1, 0.15) is 0 Å². The van der Waals surface area contributed by atoms with E-state index in [-0.39, 0.29) is 17.9 Å². The van der Waals surface area contributed by atoms with Gasteiger partial charge in [0, 0.05) is 18.3 Å². The Morgan fingerprint density at radius 2 is 1.85 bits per heavy atom. The van der Waals surface area contributed by atoms with Gasteiger partial charge in [0.05, 0.1) is 11.3 Å². The lowest BCUT2D eigenvalue weighted by Crippen LogP contribution is -2.15. The summed E-state index contributed by atoms with van der Waals surface area (Å²) in [5.41, 5.74) is 1.22. The normalized spacial score (nSPS) is 10.0. The quantitative estimate of drug-likeness (QED) is 0.874. The molecule has 20 heavy (non-hydrogen) atoms. The van der Waals surface area contributed by atoms with Crippen molar-refractivity contribution >= 4 is 17.6 Å². The van der Waals surface area contributed by atoms with Crippen molar-refractivity contribution in [3.8, 4) is 0 Å². The average molecular weight is 270 g/mol. The molecule has 0 aliphatic rings. The fourth-order valence-corrected chi connectivity index (χ4v) is 1.78. The van der Waals surface area contributed by atoms with Gasteiger partial charge in [-0.25, -0.2) is 4.79 Å². The van der Waals surface area contributed by atoms with Crippen LogP contribution in [0.3, 0.4) is 0 Å². The molecule has 0 fully saturated rings. The summed E-state index contributed by atoms with van der Waals surface area (Å²) in [7, 11) is 0. The summed E-state index contributed by atoms with van der Waals surface area (Å²) in [5, 5.41) is 11.6. The first-order valence-corrected chi connectivity index (χ1v) is 6.19. The van der Waals surface area contributed by atoms with E-state index in [2.05, 4.69) is 10.3 Å². The number of amides is 1. The van der Waals surface area contributed by atoms with Crippen LogP contribution in [0.25, 0.3) is 0 Å². The second-order valence-electron chi connectivity index (χ2n) is 4.22. The third-order valence-electron chi connectivity index (χ3n) is 2.77. The van der Waals surface area contributed by atoms with Gasteiger partial charge in [-0.05, 0) is 30.7 Å². The first kappa shape index (κ1) is 13.7. The molecule has 0 spiro atoms. The van der Waals surface area contributed by atoms with Crippen LogP contribution in [0.5, 0.6) is 0 Å². The van der Waals surface area contributed by atoms with Gasteiger partial charge in [-0.2, -0.15) is 0 Å². The molecular weight excluding hydrogens is 256 g/mol. The SMILES string of the molecule is O=C(CCc1ccccn1)Nc1ccccc1C(=O)O. The standard InChI is InChI=1S/C15H14N2O3/c18-14(9-8-11-5-3-4-10-16-11)17-13-7-2-1-6-12(13)15(19)20/h1-7,10H,8-9H2,(H,17,18)(H,19,20). The minimum Gasteiger partial charge on any atom is -0.478 e. The maximum atomic E-state index is 11.8. The number of para-hydroxylation sites is 1. The van der Waals surface area contributed by atoms with Crippen molar-refractivity contribution in [3.05, 3.63) is 59.9 Å². The number of carboxylic acids is 1. The number of hydrogen-bond donors (Lipinski definition) is 2. The number of aromatic carboxylic acids is 1. The molecule has 5 heteroatoms. The van der Waals surface area contributed by atoms with Crippen LogP contribution in [0.15, 0.2) is 48.7 Å². The van der Waals surface area contributed by atoms with Gasteiger partial charge in [0.25, 0.3) is 0 Å². The van der Waals surface area contributed by atoms with E-state index in [0.29, 0.717) is 12.1 Å². The minimum atomic E-state index is -1.06. The molecular formula is C15H14N2O3. The molecule has 0 bridgehead atoms. The summed E-state index contributed by atoms with van der Waals surface area (Å²) in [6.45, 7) is 0. The van der Waals surface area contributed by atoms with Crippen molar-refractivity contribution in [1.29, 1.82) is 0 Å². The lowest BCUT2D eigenvalue weighted by atomic mass is 10.1. The van der Waals surface area contributed by atoms with Crippen molar-refractivity contribution in [2.75, 3.05) is 5.32 Å². The van der Waals surface area contributed by atoms with E-state index in [9.17, 15) is 9.59 Å². The van der Waals surface area contributed by atoms with E-state index in [0.717, 1.165) is 5.69 Å². The van der Waals surface area contributed by atoms with E-state index >= 15 is 0 Å². The molecule has 0 aliphatic carbocycles. The van der Waals surface area contributed by atoms with Crippen LogP contribution >= 0.6 is 0 Å². The molecule has 1 aromatic heterocycles. The van der Waals surface area contributed by atoms with Crippen molar-refractivity contribution in [1.82, 2.24) is 4.98 Å². The molecule has 0 saturated carbocycles. The Labute approximate surface area is 116 Å². The highest BCUT2D eigenvalue weighted by Gasteiger charge is 2.11. The molecule has 5 nitrogen and oxygen atoms in total. The van der Waals surface area contributed by atoms with Crippen LogP contribution in [-0.4, -0.2) is 22.0 Å². The van der Waals surface area contributed by atoms with Gasteiger partial charge in [0.15, 0.2) is 0 Å². The summed E-state index contributed by atoms with van der Waals surface area (Å²) in [6, 6.07) is 11.8. The lowest BCUT2D eigenvalue weighted by molar-refractivity contribution is -0.116. The van der Waals surface area contributed by atoms with E-state index in [1.807, 2.05) is 18.2 Å². The molecule has 1 amide bonds. The number of carbonyl (C=O) groups excluding carboxylic acids is 1. The average Bonchev–Trinajstić information content (AvgIpc) is 2.46. The number of aryl methyl sites for hydroxylation is 1. The van der Waals surface area contributed by atoms with E-state index in [1.54, 1.807) is 24.4 Å². The summed E-state index contributed by atoms with van der Waals surface area (Å²) in [5.74, 6) is -1.30. The zero-order valence-electron chi connectivity index (χ0n) is 10.7. The van der Waals surface area contributed by atoms with Gasteiger partial charge < -0.3 is 10.4 Å². The number of rotatable bonds is 5. The zero-order valence-corrected chi connectivity index (χ0v) is 10.7. The Morgan fingerprint density at radius 3 is 2.55 bits per heavy atom. The van der Waals surface area contributed by atoms with E-state index in [1.165, 1.54) is 6.07 Å². The van der Waals surface area contributed by atoms with Crippen LogP contribution < -0.4 is 5.32 Å². The Hall–Kier alpha value is -2.69. The van der Waals surface area contributed by atoms with E-state index in [4.69, 9.17) is 5.11 Å². The lowest BCUT2D eigenvalue weighted by Gasteiger charge is -2.08. The fraction of sp³-hybridized carbons (Fsp3) is 0.133. The zero-order chi connectivity index (χ0) is 14.4. The van der Waals surface area contributed by atoms with Crippen LogP contribution in [0.4, 0.5) is 5.69 Å². The first-order valence-electron chi connectivity index (χ1n) is 6.19. The number of nitrogens with one attached hydrogen (secondary N) is 1. The molecule has 2 aromatic rings. The highest BCUT2D eigenvalue weighted by atomic mass is 16.4. The van der Waals surface area contributed by atoms with E-state index < -0.39 is 5.97 Å². The molecule has 102 valence electrons. The summed E-state index contributed by atoms with van der Waals surface area (Å²) >= 11 is 0. The molecule has 0 saturated heterocycles. The van der Waals surface area contributed by atoms with Crippen molar-refractivity contribution in [2.24, 2.45) is 0 Å². The molecule has 0 unspecified atom stereocenters. The number of carbonyl (C=O) groups is 2. The second-order valence-corrected chi connectivity index (χ2v) is 4.22. The molecule has 2 N–H and O–H groups in total.